The largest absolute Gasteiger partial charge is 0.486 e. The third-order valence-corrected chi connectivity index (χ3v) is 5.20. The lowest BCUT2D eigenvalue weighted by molar-refractivity contribution is -0.117. The number of thiophene rings is 1. The number of benzene rings is 2. The molecule has 0 saturated carbocycles. The second kappa shape index (κ2) is 8.76. The van der Waals surface area contributed by atoms with Gasteiger partial charge in [0.25, 0.3) is 0 Å². The molecule has 0 unspecified atom stereocenters. The maximum absolute atomic E-state index is 13.0. The molecule has 3 aromatic rings. The standard InChI is InChI=1S/C23H21NO3S/c25-23(15-19-10-14-28-17-19)24(11-4-7-18-5-2-1-3-6-18)20-8-9-21-22(16-20)27-13-12-26-21/h1-10,14,16-17H,11-13,15H2/b7-4+. The van der Waals surface area contributed by atoms with E-state index in [9.17, 15) is 4.79 Å². The van der Waals surface area contributed by atoms with Gasteiger partial charge >= 0.3 is 0 Å². The highest BCUT2D eigenvalue weighted by atomic mass is 32.1. The topological polar surface area (TPSA) is 38.8 Å². The number of carbonyl (C=O) groups excluding carboxylic acids is 1. The molecule has 4 nitrogen and oxygen atoms in total. The molecule has 0 radical (unpaired) electrons. The highest BCUT2D eigenvalue weighted by Gasteiger charge is 2.19. The van der Waals surface area contributed by atoms with Gasteiger partial charge in [-0.1, -0.05) is 42.5 Å². The number of hydrogen-bond acceptors (Lipinski definition) is 4. The SMILES string of the molecule is O=C(Cc1ccsc1)N(C/C=C/c1ccccc1)c1ccc2c(c1)OCCO2. The van der Waals surface area contributed by atoms with Crippen LogP contribution >= 0.6 is 11.3 Å². The summed E-state index contributed by atoms with van der Waals surface area (Å²) in [6, 6.07) is 17.7. The molecule has 0 bridgehead atoms. The van der Waals surface area contributed by atoms with Crippen LogP contribution in [0.2, 0.25) is 0 Å². The van der Waals surface area contributed by atoms with E-state index < -0.39 is 0 Å². The normalized spacial score (nSPS) is 12.9. The third-order valence-electron chi connectivity index (χ3n) is 4.47. The van der Waals surface area contributed by atoms with Crippen molar-refractivity contribution < 1.29 is 14.3 Å². The molecule has 1 amide bonds. The Morgan fingerprint density at radius 2 is 1.86 bits per heavy atom. The Hall–Kier alpha value is -3.05. The summed E-state index contributed by atoms with van der Waals surface area (Å²) in [4.78, 5) is 14.8. The zero-order chi connectivity index (χ0) is 19.2. The van der Waals surface area contributed by atoms with Crippen LogP contribution < -0.4 is 14.4 Å². The third kappa shape index (κ3) is 4.43. The Balaban J connectivity index is 1.57. The Labute approximate surface area is 168 Å². The highest BCUT2D eigenvalue weighted by molar-refractivity contribution is 7.08. The van der Waals surface area contributed by atoms with Crippen molar-refractivity contribution in [2.75, 3.05) is 24.7 Å². The van der Waals surface area contributed by atoms with E-state index in [0.29, 0.717) is 31.9 Å². The molecule has 0 saturated heterocycles. The van der Waals surface area contributed by atoms with Crippen molar-refractivity contribution in [3.63, 3.8) is 0 Å². The molecule has 1 aliphatic rings. The fourth-order valence-electron chi connectivity index (χ4n) is 3.07. The van der Waals surface area contributed by atoms with Gasteiger partial charge in [-0.2, -0.15) is 11.3 Å². The van der Waals surface area contributed by atoms with E-state index in [-0.39, 0.29) is 5.91 Å². The van der Waals surface area contributed by atoms with E-state index in [0.717, 1.165) is 22.6 Å². The van der Waals surface area contributed by atoms with Crippen LogP contribution in [0.1, 0.15) is 11.1 Å². The number of ether oxygens (including phenoxy) is 2. The number of rotatable bonds is 6. The molecule has 1 aromatic heterocycles. The van der Waals surface area contributed by atoms with E-state index in [4.69, 9.17) is 9.47 Å². The van der Waals surface area contributed by atoms with Gasteiger partial charge in [-0.3, -0.25) is 4.79 Å². The van der Waals surface area contributed by atoms with E-state index in [2.05, 4.69) is 0 Å². The maximum Gasteiger partial charge on any atom is 0.231 e. The van der Waals surface area contributed by atoms with Gasteiger partial charge in [0.05, 0.1) is 6.42 Å². The van der Waals surface area contributed by atoms with Crippen molar-refractivity contribution in [2.45, 2.75) is 6.42 Å². The number of amides is 1. The van der Waals surface area contributed by atoms with Gasteiger partial charge in [0.2, 0.25) is 5.91 Å². The van der Waals surface area contributed by atoms with Crippen molar-refractivity contribution >= 4 is 29.0 Å². The van der Waals surface area contributed by atoms with Crippen LogP contribution in [0.15, 0.2) is 71.4 Å². The van der Waals surface area contributed by atoms with Crippen LogP contribution in [-0.4, -0.2) is 25.7 Å². The molecular formula is C23H21NO3S. The second-order valence-corrected chi connectivity index (χ2v) is 7.23. The minimum absolute atomic E-state index is 0.0489. The zero-order valence-electron chi connectivity index (χ0n) is 15.4. The molecule has 2 heterocycles. The van der Waals surface area contributed by atoms with Crippen molar-refractivity contribution in [1.82, 2.24) is 0 Å². The number of carbonyl (C=O) groups is 1. The van der Waals surface area contributed by atoms with Crippen LogP contribution in [0.3, 0.4) is 0 Å². The fraction of sp³-hybridized carbons (Fsp3) is 0.174. The smallest absolute Gasteiger partial charge is 0.231 e. The monoisotopic (exact) mass is 391 g/mol. The van der Waals surface area contributed by atoms with E-state index >= 15 is 0 Å². The predicted octanol–water partition coefficient (Wildman–Crippen LogP) is 4.81. The summed E-state index contributed by atoms with van der Waals surface area (Å²) in [5.74, 6) is 1.46. The van der Waals surface area contributed by atoms with Gasteiger partial charge in [-0.15, -0.1) is 0 Å². The molecule has 0 fully saturated rings. The first-order chi connectivity index (χ1) is 13.8. The number of anilines is 1. The van der Waals surface area contributed by atoms with Gasteiger partial charge in [0, 0.05) is 18.3 Å². The van der Waals surface area contributed by atoms with E-state index in [1.807, 2.05) is 77.5 Å². The molecular weight excluding hydrogens is 370 g/mol. The Kier molecular flexibility index (Phi) is 5.73. The molecule has 1 aliphatic heterocycles. The number of hydrogen-bond donors (Lipinski definition) is 0. The van der Waals surface area contributed by atoms with Crippen LogP contribution in [-0.2, 0) is 11.2 Å². The summed E-state index contributed by atoms with van der Waals surface area (Å²) in [5.41, 5.74) is 2.95. The molecule has 28 heavy (non-hydrogen) atoms. The lowest BCUT2D eigenvalue weighted by Gasteiger charge is -2.24. The van der Waals surface area contributed by atoms with Crippen LogP contribution in [0, 0.1) is 0 Å². The van der Waals surface area contributed by atoms with Crippen molar-refractivity contribution in [3.05, 3.63) is 82.6 Å². The molecule has 2 aromatic carbocycles. The average Bonchev–Trinajstić information content (AvgIpc) is 3.24. The first kappa shape index (κ1) is 18.3. The molecule has 0 aliphatic carbocycles. The van der Waals surface area contributed by atoms with Crippen LogP contribution in [0.4, 0.5) is 5.69 Å². The van der Waals surface area contributed by atoms with Gasteiger partial charge < -0.3 is 14.4 Å². The summed E-state index contributed by atoms with van der Waals surface area (Å²) >= 11 is 1.60. The van der Waals surface area contributed by atoms with Crippen molar-refractivity contribution in [3.8, 4) is 11.5 Å². The Morgan fingerprint density at radius 1 is 1.04 bits per heavy atom. The van der Waals surface area contributed by atoms with Gasteiger partial charge in [0.1, 0.15) is 13.2 Å². The first-order valence-electron chi connectivity index (χ1n) is 9.22. The summed E-state index contributed by atoms with van der Waals surface area (Å²) in [6.07, 6.45) is 4.41. The Morgan fingerprint density at radius 3 is 2.64 bits per heavy atom. The predicted molar refractivity (Wildman–Crippen MR) is 113 cm³/mol. The minimum atomic E-state index is 0.0489. The second-order valence-electron chi connectivity index (χ2n) is 6.45. The quantitative estimate of drug-likeness (QED) is 0.605. The molecule has 5 heteroatoms. The molecule has 0 N–H and O–H groups in total. The summed E-state index contributed by atoms with van der Waals surface area (Å²) in [6.45, 7) is 1.55. The highest BCUT2D eigenvalue weighted by Crippen LogP contribution is 2.34. The minimum Gasteiger partial charge on any atom is -0.486 e. The first-order valence-corrected chi connectivity index (χ1v) is 10.2. The summed E-state index contributed by atoms with van der Waals surface area (Å²) < 4.78 is 11.3. The molecule has 0 spiro atoms. The number of nitrogens with zero attached hydrogens (tertiary/aromatic N) is 1. The lowest BCUT2D eigenvalue weighted by atomic mass is 10.1. The Bertz CT molecular complexity index is 951. The number of fused-ring (bicyclic) bond motifs is 1. The van der Waals surface area contributed by atoms with Crippen LogP contribution in [0.5, 0.6) is 11.5 Å². The van der Waals surface area contributed by atoms with E-state index in [1.54, 1.807) is 16.2 Å². The average molecular weight is 391 g/mol. The summed E-state index contributed by atoms with van der Waals surface area (Å²) in [7, 11) is 0. The van der Waals surface area contributed by atoms with Gasteiger partial charge in [-0.25, -0.2) is 0 Å². The lowest BCUT2D eigenvalue weighted by Crippen LogP contribution is -2.32. The maximum atomic E-state index is 13.0. The van der Waals surface area contributed by atoms with Crippen molar-refractivity contribution in [1.29, 1.82) is 0 Å². The molecule has 0 atom stereocenters. The van der Waals surface area contributed by atoms with E-state index in [1.165, 1.54) is 0 Å². The van der Waals surface area contributed by atoms with Gasteiger partial charge in [-0.05, 0) is 40.1 Å². The molecule has 4 rings (SSSR count). The zero-order valence-corrected chi connectivity index (χ0v) is 16.2. The molecule has 142 valence electrons. The van der Waals surface area contributed by atoms with Gasteiger partial charge in [0.15, 0.2) is 11.5 Å². The van der Waals surface area contributed by atoms with Crippen LogP contribution in [0.25, 0.3) is 6.08 Å². The fourth-order valence-corrected chi connectivity index (χ4v) is 3.74. The summed E-state index contributed by atoms with van der Waals surface area (Å²) in [5, 5.41) is 4.01. The van der Waals surface area contributed by atoms with Crippen molar-refractivity contribution in [2.24, 2.45) is 0 Å².